The van der Waals surface area contributed by atoms with Crippen molar-refractivity contribution in [3.8, 4) is 0 Å². The lowest BCUT2D eigenvalue weighted by atomic mass is 10.3. The van der Waals surface area contributed by atoms with Crippen LogP contribution in [0.3, 0.4) is 0 Å². The van der Waals surface area contributed by atoms with Crippen LogP contribution in [0.2, 0.25) is 0 Å². The minimum atomic E-state index is -5.69. The molecule has 0 saturated heterocycles. The number of halogens is 4. The van der Waals surface area contributed by atoms with Crippen molar-refractivity contribution in [1.29, 1.82) is 0 Å². The molecule has 2 aromatic heterocycles. The summed E-state index contributed by atoms with van der Waals surface area (Å²) in [5.41, 5.74) is -3.82. The first-order valence-corrected chi connectivity index (χ1v) is 8.86. The Kier molecular flexibility index (Phi) is 4.39. The molecule has 0 aliphatic heterocycles. The quantitative estimate of drug-likeness (QED) is 0.694. The molecule has 10 heteroatoms. The van der Waals surface area contributed by atoms with Crippen LogP contribution in [0.25, 0.3) is 5.65 Å². The Bertz CT molecular complexity index is 1070. The van der Waals surface area contributed by atoms with E-state index >= 15 is 0 Å². The first-order valence-electron chi connectivity index (χ1n) is 7.37. The minimum Gasteiger partial charge on any atom is -0.378 e. The highest BCUT2D eigenvalue weighted by Crippen LogP contribution is 2.35. The number of rotatable bonds is 4. The summed E-state index contributed by atoms with van der Waals surface area (Å²) in [7, 11) is -5.69. The third-order valence-electron chi connectivity index (χ3n) is 3.73. The van der Waals surface area contributed by atoms with Gasteiger partial charge in [-0.2, -0.15) is 13.2 Å². The smallest absolute Gasteiger partial charge is 0.378 e. The van der Waals surface area contributed by atoms with Gasteiger partial charge in [-0.05, 0) is 36.8 Å². The van der Waals surface area contributed by atoms with Crippen LogP contribution in [0.1, 0.15) is 11.3 Å². The second kappa shape index (κ2) is 6.27. The molecule has 0 bridgehead atoms. The monoisotopic (exact) mass is 387 g/mol. The van der Waals surface area contributed by atoms with Gasteiger partial charge in [-0.3, -0.25) is 0 Å². The van der Waals surface area contributed by atoms with E-state index in [2.05, 4.69) is 10.3 Å². The van der Waals surface area contributed by atoms with E-state index in [1.54, 1.807) is 16.8 Å². The molecule has 0 aliphatic rings. The summed E-state index contributed by atoms with van der Waals surface area (Å²) < 4.78 is 76.9. The maximum atomic E-state index is 13.3. The Morgan fingerprint density at radius 1 is 1.23 bits per heavy atom. The summed E-state index contributed by atoms with van der Waals surface area (Å²) >= 11 is 0. The summed E-state index contributed by atoms with van der Waals surface area (Å²) in [5.74, 6) is -1.08. The molecule has 26 heavy (non-hydrogen) atoms. The predicted octanol–water partition coefficient (Wildman–Crippen LogP) is 3.69. The van der Waals surface area contributed by atoms with Gasteiger partial charge in [-0.1, -0.05) is 6.07 Å². The van der Waals surface area contributed by atoms with E-state index in [0.717, 1.165) is 17.7 Å². The van der Waals surface area contributed by atoms with Crippen molar-refractivity contribution in [1.82, 2.24) is 9.38 Å². The largest absolute Gasteiger partial charge is 0.501 e. The number of fused-ring (bicyclic) bond motifs is 1. The molecule has 5 nitrogen and oxygen atoms in total. The van der Waals surface area contributed by atoms with Gasteiger partial charge in [-0.15, -0.1) is 0 Å². The average molecular weight is 387 g/mol. The second-order valence-electron chi connectivity index (χ2n) is 5.60. The molecule has 2 heterocycles. The maximum Gasteiger partial charge on any atom is 0.501 e. The van der Waals surface area contributed by atoms with Gasteiger partial charge >= 0.3 is 5.51 Å². The van der Waals surface area contributed by atoms with Crippen molar-refractivity contribution in [3.63, 3.8) is 0 Å². The number of hydrogen-bond acceptors (Lipinski definition) is 4. The number of nitrogens with one attached hydrogen (secondary N) is 1. The van der Waals surface area contributed by atoms with Gasteiger partial charge < -0.3 is 9.72 Å². The Balaban J connectivity index is 1.94. The average Bonchev–Trinajstić information content (AvgIpc) is 2.97. The Hall–Kier alpha value is -2.62. The number of pyridine rings is 1. The Morgan fingerprint density at radius 3 is 2.62 bits per heavy atom. The standard InChI is InChI=1S/C16H13F4N3O2S/c1-10-3-2-6-23-9-12(22-15(10)23)8-21-13-5-4-11(17)7-14(13)26(24,25)16(18,19)20/h2-7,9,21H,8H2,1H3. The van der Waals surface area contributed by atoms with Crippen molar-refractivity contribution in [2.45, 2.75) is 23.9 Å². The number of alkyl halides is 3. The lowest BCUT2D eigenvalue weighted by Gasteiger charge is -2.13. The van der Waals surface area contributed by atoms with Gasteiger partial charge in [0.05, 0.1) is 17.9 Å². The van der Waals surface area contributed by atoms with Gasteiger partial charge in [0, 0.05) is 12.4 Å². The maximum absolute atomic E-state index is 13.3. The molecule has 0 fully saturated rings. The van der Waals surface area contributed by atoms with Crippen molar-refractivity contribution in [2.24, 2.45) is 0 Å². The predicted molar refractivity (Wildman–Crippen MR) is 86.9 cm³/mol. The zero-order chi connectivity index (χ0) is 19.1. The van der Waals surface area contributed by atoms with E-state index in [1.165, 1.54) is 0 Å². The third-order valence-corrected chi connectivity index (χ3v) is 5.25. The van der Waals surface area contributed by atoms with Gasteiger partial charge in [-0.25, -0.2) is 17.8 Å². The SMILES string of the molecule is Cc1cccn2cc(CNc3ccc(F)cc3S(=O)(=O)C(F)(F)F)nc12. The molecule has 0 aliphatic carbocycles. The summed E-state index contributed by atoms with van der Waals surface area (Å²) in [6.45, 7) is 1.82. The van der Waals surface area contributed by atoms with E-state index in [9.17, 15) is 26.0 Å². The van der Waals surface area contributed by atoms with E-state index in [1.807, 2.05) is 19.1 Å². The number of aromatic nitrogens is 2. The highest BCUT2D eigenvalue weighted by atomic mass is 32.2. The van der Waals surface area contributed by atoms with E-state index < -0.39 is 26.1 Å². The lowest BCUT2D eigenvalue weighted by Crippen LogP contribution is -2.24. The molecule has 0 spiro atoms. The number of benzene rings is 1. The van der Waals surface area contributed by atoms with Crippen molar-refractivity contribution in [2.75, 3.05) is 5.32 Å². The number of nitrogens with zero attached hydrogens (tertiary/aromatic N) is 2. The number of hydrogen-bond donors (Lipinski definition) is 1. The first kappa shape index (κ1) is 18.2. The molecule has 1 aromatic carbocycles. The first-order chi connectivity index (χ1) is 12.1. The second-order valence-corrected chi connectivity index (χ2v) is 7.51. The van der Waals surface area contributed by atoms with Gasteiger partial charge in [0.25, 0.3) is 9.84 Å². The van der Waals surface area contributed by atoms with Crippen molar-refractivity contribution < 1.29 is 26.0 Å². The normalized spacial score (nSPS) is 12.5. The zero-order valence-electron chi connectivity index (χ0n) is 13.4. The zero-order valence-corrected chi connectivity index (χ0v) is 14.2. The van der Waals surface area contributed by atoms with Crippen LogP contribution in [0, 0.1) is 12.7 Å². The molecular formula is C16H13F4N3O2S. The Labute approximate surface area is 146 Å². The number of anilines is 1. The molecule has 3 rings (SSSR count). The van der Waals surface area contributed by atoms with Crippen LogP contribution in [0.4, 0.5) is 23.2 Å². The van der Waals surface area contributed by atoms with Gasteiger partial charge in [0.2, 0.25) is 0 Å². The fourth-order valence-corrected chi connectivity index (χ4v) is 3.41. The molecular weight excluding hydrogens is 374 g/mol. The molecule has 0 atom stereocenters. The van der Waals surface area contributed by atoms with Crippen LogP contribution in [0.5, 0.6) is 0 Å². The summed E-state index contributed by atoms with van der Waals surface area (Å²) in [6, 6.07) is 5.85. The van der Waals surface area contributed by atoms with Gasteiger partial charge in [0.1, 0.15) is 16.4 Å². The van der Waals surface area contributed by atoms with Crippen LogP contribution < -0.4 is 5.32 Å². The molecule has 0 saturated carbocycles. The van der Waals surface area contributed by atoms with Gasteiger partial charge in [0.15, 0.2) is 0 Å². The fourth-order valence-electron chi connectivity index (χ4n) is 2.46. The van der Waals surface area contributed by atoms with Crippen LogP contribution in [-0.4, -0.2) is 23.3 Å². The van der Waals surface area contributed by atoms with E-state index in [4.69, 9.17) is 0 Å². The number of imidazole rings is 1. The minimum absolute atomic E-state index is 0.0346. The van der Waals surface area contributed by atoms with Crippen LogP contribution in [-0.2, 0) is 16.4 Å². The van der Waals surface area contributed by atoms with Crippen molar-refractivity contribution >= 4 is 21.2 Å². The highest BCUT2D eigenvalue weighted by molar-refractivity contribution is 7.92. The fraction of sp³-hybridized carbons (Fsp3) is 0.188. The number of sulfone groups is 1. The summed E-state index contributed by atoms with van der Waals surface area (Å²) in [5, 5.41) is 2.59. The molecule has 0 amide bonds. The van der Waals surface area contributed by atoms with Crippen molar-refractivity contribution in [3.05, 3.63) is 59.8 Å². The molecule has 0 radical (unpaired) electrons. The number of aryl methyl sites for hydroxylation is 1. The molecule has 0 unspecified atom stereocenters. The molecule has 138 valence electrons. The van der Waals surface area contributed by atoms with Crippen LogP contribution in [0.15, 0.2) is 47.6 Å². The Morgan fingerprint density at radius 2 is 1.96 bits per heavy atom. The van der Waals surface area contributed by atoms with E-state index in [-0.39, 0.29) is 12.2 Å². The summed E-state index contributed by atoms with van der Waals surface area (Å²) in [6.07, 6.45) is 3.42. The molecule has 3 aromatic rings. The third kappa shape index (κ3) is 3.24. The van der Waals surface area contributed by atoms with Crippen LogP contribution >= 0.6 is 0 Å². The summed E-state index contributed by atoms with van der Waals surface area (Å²) in [4.78, 5) is 3.18. The highest BCUT2D eigenvalue weighted by Gasteiger charge is 2.48. The lowest BCUT2D eigenvalue weighted by molar-refractivity contribution is -0.0435. The van der Waals surface area contributed by atoms with E-state index in [0.29, 0.717) is 17.4 Å². The topological polar surface area (TPSA) is 63.5 Å². The molecule has 1 N–H and O–H groups in total.